The highest BCUT2D eigenvalue weighted by molar-refractivity contribution is 5.79. The maximum absolute atomic E-state index is 11.4. The molecule has 4 nitrogen and oxygen atoms in total. The van der Waals surface area contributed by atoms with Gasteiger partial charge < -0.3 is 0 Å². The van der Waals surface area contributed by atoms with Gasteiger partial charge in [0, 0.05) is 25.2 Å². The Morgan fingerprint density at radius 1 is 1.25 bits per heavy atom. The molecule has 16 heavy (non-hydrogen) atoms. The van der Waals surface area contributed by atoms with Crippen molar-refractivity contribution in [1.29, 1.82) is 0 Å². The Balaban J connectivity index is 2.33. The molecule has 0 spiro atoms. The first kappa shape index (κ1) is 11.2. The third-order valence-electron chi connectivity index (χ3n) is 3.53. The summed E-state index contributed by atoms with van der Waals surface area (Å²) < 4.78 is 0. The number of Topliss-reactive ketones (excluding diaryl/α,β-unsaturated/α-hetero) is 1. The summed E-state index contributed by atoms with van der Waals surface area (Å²) in [5.74, 6) is 0.362. The van der Waals surface area contributed by atoms with Crippen molar-refractivity contribution in [3.8, 4) is 0 Å². The molecule has 0 aliphatic heterocycles. The molecule has 0 N–H and O–H groups in total. The maximum Gasteiger partial charge on any atom is 0.133 e. The molecule has 0 unspecified atom stereocenters. The van der Waals surface area contributed by atoms with Gasteiger partial charge in [-0.25, -0.2) is 0 Å². The molecule has 1 aromatic heterocycles. The highest BCUT2D eigenvalue weighted by atomic mass is 16.1. The Bertz CT molecular complexity index is 365. The van der Waals surface area contributed by atoms with Crippen LogP contribution >= 0.6 is 0 Å². The van der Waals surface area contributed by atoms with Gasteiger partial charge in [-0.1, -0.05) is 0 Å². The topological polar surface area (TPSA) is 46.1 Å². The first-order valence-corrected chi connectivity index (χ1v) is 5.61. The molecule has 1 heterocycles. The maximum atomic E-state index is 11.4. The van der Waals surface area contributed by atoms with E-state index in [0.29, 0.717) is 18.6 Å². The van der Waals surface area contributed by atoms with Gasteiger partial charge in [-0.3, -0.25) is 19.7 Å². The van der Waals surface area contributed by atoms with E-state index in [0.717, 1.165) is 18.5 Å². The summed E-state index contributed by atoms with van der Waals surface area (Å²) in [6, 6.07) is 0. The normalized spacial score (nSPS) is 20.1. The molecule has 0 saturated heterocycles. The first-order chi connectivity index (χ1) is 7.65. The van der Waals surface area contributed by atoms with Crippen LogP contribution in [0.3, 0.4) is 0 Å². The van der Waals surface area contributed by atoms with E-state index in [9.17, 15) is 4.79 Å². The summed E-state index contributed by atoms with van der Waals surface area (Å²) >= 11 is 0. The largest absolute Gasteiger partial charge is 0.300 e. The molecule has 0 radical (unpaired) electrons. The number of ketones is 1. The number of carbonyl (C=O) groups is 1. The van der Waals surface area contributed by atoms with E-state index in [1.807, 2.05) is 20.3 Å². The van der Waals surface area contributed by atoms with Gasteiger partial charge in [0.2, 0.25) is 0 Å². The van der Waals surface area contributed by atoms with Crippen molar-refractivity contribution in [2.75, 3.05) is 14.1 Å². The van der Waals surface area contributed by atoms with Crippen LogP contribution in [0.4, 0.5) is 0 Å². The third kappa shape index (κ3) is 1.85. The predicted octanol–water partition coefficient (Wildman–Crippen LogP) is 1.38. The molecule has 0 aromatic carbocycles. The Morgan fingerprint density at radius 3 is 2.44 bits per heavy atom. The fourth-order valence-corrected chi connectivity index (χ4v) is 2.41. The zero-order chi connectivity index (χ0) is 11.6. The highest BCUT2D eigenvalue weighted by Crippen LogP contribution is 2.38. The Kier molecular flexibility index (Phi) is 3.01. The SMILES string of the molecule is CN(C)C1(c2cnccn2)CCC(=O)CC1. The summed E-state index contributed by atoms with van der Waals surface area (Å²) in [6.07, 6.45) is 8.20. The number of nitrogens with zero attached hydrogens (tertiary/aromatic N) is 3. The third-order valence-corrected chi connectivity index (χ3v) is 3.53. The van der Waals surface area contributed by atoms with E-state index in [2.05, 4.69) is 14.9 Å². The van der Waals surface area contributed by atoms with Crippen molar-refractivity contribution < 1.29 is 4.79 Å². The lowest BCUT2D eigenvalue weighted by Gasteiger charge is -2.41. The molecule has 0 bridgehead atoms. The minimum Gasteiger partial charge on any atom is -0.300 e. The Hall–Kier alpha value is -1.29. The second-order valence-corrected chi connectivity index (χ2v) is 4.56. The van der Waals surface area contributed by atoms with Crippen LogP contribution in [0.15, 0.2) is 18.6 Å². The van der Waals surface area contributed by atoms with Gasteiger partial charge in [-0.15, -0.1) is 0 Å². The molecule has 0 atom stereocenters. The van der Waals surface area contributed by atoms with Crippen LogP contribution in [0.1, 0.15) is 31.4 Å². The molecule has 1 aliphatic rings. The number of rotatable bonds is 2. The number of aromatic nitrogens is 2. The van der Waals surface area contributed by atoms with Gasteiger partial charge >= 0.3 is 0 Å². The molecule has 1 saturated carbocycles. The van der Waals surface area contributed by atoms with Crippen molar-refractivity contribution in [3.05, 3.63) is 24.3 Å². The smallest absolute Gasteiger partial charge is 0.133 e. The molecular weight excluding hydrogens is 202 g/mol. The standard InChI is InChI=1S/C12H17N3O/c1-15(2)12(5-3-10(16)4-6-12)11-9-13-7-8-14-11/h7-9H,3-6H2,1-2H3. The van der Waals surface area contributed by atoms with Gasteiger partial charge in [0.25, 0.3) is 0 Å². The average molecular weight is 219 g/mol. The van der Waals surface area contributed by atoms with Crippen LogP contribution in [0.25, 0.3) is 0 Å². The fourth-order valence-electron chi connectivity index (χ4n) is 2.41. The lowest BCUT2D eigenvalue weighted by Crippen LogP contribution is -2.45. The summed E-state index contributed by atoms with van der Waals surface area (Å²) in [4.78, 5) is 22.1. The van der Waals surface area contributed by atoms with Crippen LogP contribution < -0.4 is 0 Å². The predicted molar refractivity (Wildman–Crippen MR) is 60.9 cm³/mol. The van der Waals surface area contributed by atoms with Crippen molar-refractivity contribution in [2.45, 2.75) is 31.2 Å². The Labute approximate surface area is 95.7 Å². The van der Waals surface area contributed by atoms with E-state index in [-0.39, 0.29) is 5.54 Å². The van der Waals surface area contributed by atoms with Crippen LogP contribution in [0.5, 0.6) is 0 Å². The minimum absolute atomic E-state index is 0.109. The van der Waals surface area contributed by atoms with E-state index in [1.165, 1.54) is 0 Å². The van der Waals surface area contributed by atoms with Crippen LogP contribution in [-0.2, 0) is 10.3 Å². The van der Waals surface area contributed by atoms with E-state index < -0.39 is 0 Å². The average Bonchev–Trinajstić information content (AvgIpc) is 2.31. The second-order valence-electron chi connectivity index (χ2n) is 4.56. The van der Waals surface area contributed by atoms with Crippen LogP contribution in [0.2, 0.25) is 0 Å². The lowest BCUT2D eigenvalue weighted by atomic mass is 9.78. The van der Waals surface area contributed by atoms with E-state index >= 15 is 0 Å². The monoisotopic (exact) mass is 219 g/mol. The molecule has 2 rings (SSSR count). The zero-order valence-corrected chi connectivity index (χ0v) is 9.81. The summed E-state index contributed by atoms with van der Waals surface area (Å²) in [6.45, 7) is 0. The number of hydrogen-bond acceptors (Lipinski definition) is 4. The van der Waals surface area contributed by atoms with Gasteiger partial charge in [0.15, 0.2) is 0 Å². The van der Waals surface area contributed by atoms with Gasteiger partial charge in [-0.05, 0) is 26.9 Å². The zero-order valence-electron chi connectivity index (χ0n) is 9.81. The van der Waals surface area contributed by atoms with Gasteiger partial charge in [0.1, 0.15) is 5.78 Å². The van der Waals surface area contributed by atoms with Crippen molar-refractivity contribution in [3.63, 3.8) is 0 Å². The van der Waals surface area contributed by atoms with Crippen molar-refractivity contribution >= 4 is 5.78 Å². The lowest BCUT2D eigenvalue weighted by molar-refractivity contribution is -0.122. The summed E-state index contributed by atoms with van der Waals surface area (Å²) in [5, 5.41) is 0. The molecule has 0 amide bonds. The Morgan fingerprint density at radius 2 is 1.94 bits per heavy atom. The molecule has 1 fully saturated rings. The number of carbonyl (C=O) groups excluding carboxylic acids is 1. The summed E-state index contributed by atoms with van der Waals surface area (Å²) in [5.41, 5.74) is 0.870. The van der Waals surface area contributed by atoms with Crippen molar-refractivity contribution in [2.24, 2.45) is 0 Å². The second kappa shape index (κ2) is 4.29. The number of hydrogen-bond donors (Lipinski definition) is 0. The first-order valence-electron chi connectivity index (χ1n) is 5.61. The van der Waals surface area contributed by atoms with E-state index in [4.69, 9.17) is 0 Å². The van der Waals surface area contributed by atoms with Crippen LogP contribution in [-0.4, -0.2) is 34.7 Å². The van der Waals surface area contributed by atoms with Crippen molar-refractivity contribution in [1.82, 2.24) is 14.9 Å². The van der Waals surface area contributed by atoms with Crippen LogP contribution in [0, 0.1) is 0 Å². The van der Waals surface area contributed by atoms with Gasteiger partial charge in [0.05, 0.1) is 17.4 Å². The molecule has 1 aliphatic carbocycles. The quantitative estimate of drug-likeness (QED) is 0.753. The molecule has 86 valence electrons. The molecular formula is C12H17N3O. The molecule has 1 aromatic rings. The minimum atomic E-state index is -0.109. The molecule has 4 heteroatoms. The van der Waals surface area contributed by atoms with Gasteiger partial charge in [-0.2, -0.15) is 0 Å². The summed E-state index contributed by atoms with van der Waals surface area (Å²) in [7, 11) is 4.09. The van der Waals surface area contributed by atoms with E-state index in [1.54, 1.807) is 12.4 Å². The highest BCUT2D eigenvalue weighted by Gasteiger charge is 2.39. The fraction of sp³-hybridized carbons (Fsp3) is 0.583.